The summed E-state index contributed by atoms with van der Waals surface area (Å²) >= 11 is 0. The minimum absolute atomic E-state index is 0.0562. The van der Waals surface area contributed by atoms with Crippen LogP contribution in [-0.4, -0.2) is 42.6 Å². The summed E-state index contributed by atoms with van der Waals surface area (Å²) in [5.74, 6) is 0.538. The molecule has 1 atom stereocenters. The van der Waals surface area contributed by atoms with E-state index in [0.29, 0.717) is 30.7 Å². The predicted octanol–water partition coefficient (Wildman–Crippen LogP) is 3.56. The fourth-order valence-electron chi connectivity index (χ4n) is 3.46. The first kappa shape index (κ1) is 18.0. The van der Waals surface area contributed by atoms with E-state index in [4.69, 9.17) is 9.84 Å². The molecule has 0 radical (unpaired) electrons. The molecule has 1 amide bonds. The van der Waals surface area contributed by atoms with E-state index < -0.39 is 6.09 Å². The molecule has 0 saturated heterocycles. The van der Waals surface area contributed by atoms with Crippen molar-refractivity contribution in [3.8, 4) is 0 Å². The average molecular weight is 331 g/mol. The van der Waals surface area contributed by atoms with Gasteiger partial charge in [0, 0.05) is 25.9 Å². The maximum Gasteiger partial charge on any atom is 0.407 e. The van der Waals surface area contributed by atoms with Gasteiger partial charge in [0.15, 0.2) is 5.78 Å². The number of nitrogens with zero attached hydrogens (tertiary/aromatic N) is 1. The molecule has 0 aromatic heterocycles. The van der Waals surface area contributed by atoms with Crippen molar-refractivity contribution in [3.63, 3.8) is 0 Å². The number of ketones is 1. The molecule has 1 aliphatic rings. The molecule has 1 aromatic carbocycles. The van der Waals surface area contributed by atoms with Gasteiger partial charge >= 0.3 is 6.09 Å². The molecular weight excluding hydrogens is 306 g/mol. The first-order valence-electron chi connectivity index (χ1n) is 8.09. The van der Waals surface area contributed by atoms with Crippen LogP contribution in [0.2, 0.25) is 0 Å². The second kappa shape index (κ2) is 7.07. The summed E-state index contributed by atoms with van der Waals surface area (Å²) in [6.07, 6.45) is 0.0538. The molecule has 1 aromatic rings. The highest BCUT2D eigenvalue weighted by atomic mass is 16.5. The molecule has 1 unspecified atom stereocenters. The minimum atomic E-state index is -0.981. The van der Waals surface area contributed by atoms with Crippen LogP contribution >= 0.6 is 0 Å². The Kier molecular flexibility index (Phi) is 5.32. The molecule has 5 nitrogen and oxygen atoms in total. The van der Waals surface area contributed by atoms with Crippen LogP contribution in [0.15, 0.2) is 17.9 Å². The number of hydrogen-bond donors (Lipinski definition) is 1. The van der Waals surface area contributed by atoms with Crippen molar-refractivity contribution in [2.45, 2.75) is 33.6 Å². The number of amides is 1. The van der Waals surface area contributed by atoms with Gasteiger partial charge in [-0.05, 0) is 43.9 Å². The van der Waals surface area contributed by atoms with E-state index in [1.54, 1.807) is 7.11 Å². The molecule has 0 aliphatic heterocycles. The summed E-state index contributed by atoms with van der Waals surface area (Å²) in [4.78, 5) is 25.1. The van der Waals surface area contributed by atoms with E-state index in [0.717, 1.165) is 16.7 Å². The van der Waals surface area contributed by atoms with Gasteiger partial charge in [0.2, 0.25) is 0 Å². The van der Waals surface area contributed by atoms with Crippen molar-refractivity contribution in [2.75, 3.05) is 20.7 Å². The SMILES string of the molecule is COC1=C(c2c(C)cc(C)cc2C)C(=O)C(CCN(C)C(=O)O)C1. The molecular formula is C19H25NO4. The van der Waals surface area contributed by atoms with E-state index in [9.17, 15) is 9.59 Å². The number of carbonyl (C=O) groups is 2. The van der Waals surface area contributed by atoms with Crippen LogP contribution < -0.4 is 0 Å². The highest BCUT2D eigenvalue weighted by Crippen LogP contribution is 2.39. The molecule has 0 saturated carbocycles. The van der Waals surface area contributed by atoms with Crippen molar-refractivity contribution in [1.29, 1.82) is 0 Å². The smallest absolute Gasteiger partial charge is 0.407 e. The molecule has 1 aliphatic carbocycles. The van der Waals surface area contributed by atoms with Crippen molar-refractivity contribution in [2.24, 2.45) is 5.92 Å². The first-order valence-corrected chi connectivity index (χ1v) is 8.09. The Morgan fingerprint density at radius 1 is 1.29 bits per heavy atom. The van der Waals surface area contributed by atoms with Crippen LogP contribution in [0.25, 0.3) is 5.57 Å². The number of methoxy groups -OCH3 is 1. The Bertz CT molecular complexity index is 682. The summed E-state index contributed by atoms with van der Waals surface area (Å²) in [5, 5.41) is 8.95. The number of hydrogen-bond acceptors (Lipinski definition) is 3. The topological polar surface area (TPSA) is 66.8 Å². The lowest BCUT2D eigenvalue weighted by atomic mass is 9.90. The van der Waals surface area contributed by atoms with Crippen LogP contribution in [0.5, 0.6) is 0 Å². The van der Waals surface area contributed by atoms with Gasteiger partial charge in [-0.15, -0.1) is 0 Å². The van der Waals surface area contributed by atoms with E-state index in [2.05, 4.69) is 12.1 Å². The fraction of sp³-hybridized carbons (Fsp3) is 0.474. The van der Waals surface area contributed by atoms with Crippen molar-refractivity contribution < 1.29 is 19.4 Å². The van der Waals surface area contributed by atoms with Gasteiger partial charge in [-0.2, -0.15) is 0 Å². The zero-order valence-electron chi connectivity index (χ0n) is 15.0. The Labute approximate surface area is 142 Å². The first-order chi connectivity index (χ1) is 11.3. The molecule has 0 fully saturated rings. The molecule has 1 N–H and O–H groups in total. The monoisotopic (exact) mass is 331 g/mol. The zero-order valence-corrected chi connectivity index (χ0v) is 15.0. The molecule has 2 rings (SSSR count). The number of rotatable bonds is 5. The molecule has 0 spiro atoms. The summed E-state index contributed by atoms with van der Waals surface area (Å²) in [5.41, 5.74) is 4.91. The Hall–Kier alpha value is -2.30. The highest BCUT2D eigenvalue weighted by Gasteiger charge is 2.36. The third-order valence-corrected chi connectivity index (χ3v) is 4.64. The van der Waals surface area contributed by atoms with Gasteiger partial charge in [0.25, 0.3) is 0 Å². The number of benzene rings is 1. The fourth-order valence-corrected chi connectivity index (χ4v) is 3.46. The number of allylic oxidation sites excluding steroid dienone is 2. The molecule has 5 heteroatoms. The molecule has 130 valence electrons. The van der Waals surface area contributed by atoms with E-state index in [-0.39, 0.29) is 11.7 Å². The van der Waals surface area contributed by atoms with Crippen LogP contribution in [0.4, 0.5) is 4.79 Å². The predicted molar refractivity (Wildman–Crippen MR) is 93.0 cm³/mol. The Balaban J connectivity index is 2.30. The Morgan fingerprint density at radius 2 is 1.88 bits per heavy atom. The largest absolute Gasteiger partial charge is 0.500 e. The van der Waals surface area contributed by atoms with Gasteiger partial charge in [-0.3, -0.25) is 4.79 Å². The van der Waals surface area contributed by atoms with E-state index >= 15 is 0 Å². The molecule has 24 heavy (non-hydrogen) atoms. The highest BCUT2D eigenvalue weighted by molar-refractivity contribution is 6.25. The van der Waals surface area contributed by atoms with Gasteiger partial charge in [-0.1, -0.05) is 17.7 Å². The summed E-state index contributed by atoms with van der Waals surface area (Å²) in [6, 6.07) is 4.14. The van der Waals surface area contributed by atoms with Crippen LogP contribution in [0.1, 0.15) is 35.1 Å². The standard InChI is InChI=1S/C19H25NO4/c1-11-8-12(2)16(13(3)9-11)17-15(24-5)10-14(18(17)21)6-7-20(4)19(22)23/h8-9,14H,6-7,10H2,1-5H3,(H,22,23). The normalized spacial score (nSPS) is 17.4. The van der Waals surface area contributed by atoms with E-state index in [1.807, 2.05) is 20.8 Å². The van der Waals surface area contributed by atoms with Crippen molar-refractivity contribution >= 4 is 17.4 Å². The summed E-state index contributed by atoms with van der Waals surface area (Å²) in [7, 11) is 3.11. The maximum absolute atomic E-state index is 12.9. The zero-order chi connectivity index (χ0) is 18.0. The van der Waals surface area contributed by atoms with Crippen LogP contribution in [0.3, 0.4) is 0 Å². The third-order valence-electron chi connectivity index (χ3n) is 4.64. The second-order valence-corrected chi connectivity index (χ2v) is 6.53. The van der Waals surface area contributed by atoms with Gasteiger partial charge in [-0.25, -0.2) is 4.79 Å². The number of Topliss-reactive ketones (excluding diaryl/α,β-unsaturated/α-hetero) is 1. The van der Waals surface area contributed by atoms with Crippen LogP contribution in [-0.2, 0) is 9.53 Å². The lowest BCUT2D eigenvalue weighted by Gasteiger charge is -2.16. The van der Waals surface area contributed by atoms with Gasteiger partial charge in [0.05, 0.1) is 12.7 Å². The Morgan fingerprint density at radius 3 is 2.38 bits per heavy atom. The number of aryl methyl sites for hydroxylation is 3. The summed E-state index contributed by atoms with van der Waals surface area (Å²) in [6.45, 7) is 6.39. The second-order valence-electron chi connectivity index (χ2n) is 6.53. The number of carbonyl (C=O) groups excluding carboxylic acids is 1. The quantitative estimate of drug-likeness (QED) is 0.896. The van der Waals surface area contributed by atoms with Gasteiger partial charge in [0.1, 0.15) is 5.76 Å². The molecule has 0 bridgehead atoms. The third kappa shape index (κ3) is 3.45. The minimum Gasteiger partial charge on any atom is -0.500 e. The van der Waals surface area contributed by atoms with E-state index in [1.165, 1.54) is 17.5 Å². The maximum atomic E-state index is 12.9. The molecule has 0 heterocycles. The summed E-state index contributed by atoms with van der Waals surface area (Å²) < 4.78 is 5.50. The lowest BCUT2D eigenvalue weighted by molar-refractivity contribution is -0.116. The number of ether oxygens (including phenoxy) is 1. The lowest BCUT2D eigenvalue weighted by Crippen LogP contribution is -2.28. The number of carboxylic acid groups (broad SMARTS) is 1. The van der Waals surface area contributed by atoms with Crippen LogP contribution in [0, 0.1) is 26.7 Å². The van der Waals surface area contributed by atoms with Gasteiger partial charge < -0.3 is 14.7 Å². The van der Waals surface area contributed by atoms with Crippen molar-refractivity contribution in [1.82, 2.24) is 4.90 Å². The average Bonchev–Trinajstić information content (AvgIpc) is 2.80. The van der Waals surface area contributed by atoms with Crippen molar-refractivity contribution in [3.05, 3.63) is 40.1 Å².